The number of ketones is 5. The summed E-state index contributed by atoms with van der Waals surface area (Å²) in [5, 5.41) is 0.734. The maximum atomic E-state index is 13.1. The molecule has 0 bridgehead atoms. The van der Waals surface area contributed by atoms with Crippen LogP contribution in [-0.4, -0.2) is 78.8 Å². The fraction of sp³-hybridized carbons (Fsp3) is 0.118. The molecule has 0 radical (unpaired) electrons. The third-order valence-corrected chi connectivity index (χ3v) is 16.8. The van der Waals surface area contributed by atoms with Gasteiger partial charge in [0.2, 0.25) is 0 Å². The van der Waals surface area contributed by atoms with Crippen LogP contribution < -0.4 is 23.7 Å². The summed E-state index contributed by atoms with van der Waals surface area (Å²) >= 11 is 11.7. The summed E-state index contributed by atoms with van der Waals surface area (Å²) in [7, 11) is 0. The van der Waals surface area contributed by atoms with E-state index in [2.05, 4.69) is 49.8 Å². The highest BCUT2D eigenvalue weighted by molar-refractivity contribution is 6.31. The fourth-order valence-corrected chi connectivity index (χ4v) is 10.6. The Morgan fingerprint density at radius 3 is 0.857 bits per heavy atom. The molecule has 20 nitrogen and oxygen atoms in total. The van der Waals surface area contributed by atoms with Gasteiger partial charge in [-0.05, 0) is 153 Å². The van der Waals surface area contributed by atoms with Crippen molar-refractivity contribution in [3.63, 3.8) is 0 Å². The molecule has 15 rings (SSSR count). The molecule has 10 aromatic heterocycles. The van der Waals surface area contributed by atoms with Crippen molar-refractivity contribution in [2.45, 2.75) is 67.7 Å². The highest BCUT2D eigenvalue weighted by atomic mass is 35.5. The second-order valence-electron chi connectivity index (χ2n) is 24.8. The number of fused-ring (bicyclic) bond motifs is 5. The SMILES string of the molecule is CC(=O)c1cnc2cc(OCc3ccc(F)c(Cl)c3)cnc2c1.CC(=O)c1cnc2cc(OCc3ccc(F)c(F)c3)cnc2c1.CC(=O)c1cnc2cc(OCc3ccc(F)cc3)cnc2c1.CC(=O)c1cnc2cc(OCc3cccc(Cl)c3)cnc2c1.CC(=O)c1cnc2cc(OCc3cccc(F)c3)cnc2c1. The molecule has 112 heavy (non-hydrogen) atoms. The molecule has 5 aromatic carbocycles. The maximum Gasteiger partial charge on any atom is 0.161 e. The van der Waals surface area contributed by atoms with Gasteiger partial charge >= 0.3 is 0 Å². The number of carbonyl (C=O) groups is 5. The molecule has 0 saturated carbocycles. The highest BCUT2D eigenvalue weighted by Crippen LogP contribution is 2.27. The summed E-state index contributed by atoms with van der Waals surface area (Å²) in [6, 6.07) is 45.0. The smallest absolute Gasteiger partial charge is 0.161 e. The van der Waals surface area contributed by atoms with Crippen molar-refractivity contribution in [2.24, 2.45) is 0 Å². The molecule has 0 aliphatic rings. The van der Waals surface area contributed by atoms with Gasteiger partial charge < -0.3 is 23.7 Å². The predicted octanol–water partition coefficient (Wildman–Crippen LogP) is 19.1. The molecular formula is C85H63Cl2F5N10O10. The molecule has 0 spiro atoms. The van der Waals surface area contributed by atoms with Crippen molar-refractivity contribution < 1.29 is 69.6 Å². The molecular weight excluding hydrogens is 1490 g/mol. The number of ether oxygens (including phenoxy) is 5. The highest BCUT2D eigenvalue weighted by Gasteiger charge is 2.13. The molecule has 0 fully saturated rings. The first kappa shape index (κ1) is 79.5. The summed E-state index contributed by atoms with van der Waals surface area (Å²) in [6.45, 7) is 8.70. The molecule has 15 aromatic rings. The normalized spacial score (nSPS) is 10.7. The zero-order valence-electron chi connectivity index (χ0n) is 60.2. The third kappa shape index (κ3) is 22.6. The summed E-state index contributed by atoms with van der Waals surface area (Å²) < 4.78 is 93.1. The van der Waals surface area contributed by atoms with E-state index in [-0.39, 0.29) is 65.4 Å². The monoisotopic (exact) mass is 1550 g/mol. The first-order valence-corrected chi connectivity index (χ1v) is 34.7. The Labute approximate surface area is 646 Å². The molecule has 10 heterocycles. The van der Waals surface area contributed by atoms with Crippen LogP contribution in [0.25, 0.3) is 55.2 Å². The standard InChI is InChI=1S/C17H12ClFN2O2.C17H13ClN2O2.C17H12F2N2O2.2C17H13FN2O2/c1-10(22)12-5-16-17(20-7-12)6-13(8-21-16)23-9-11-2-3-15(19)14(18)4-11;1-11(21)13-6-16-17(19-8-13)7-15(9-20-16)22-10-12-3-2-4-14(18)5-12;1-10(22)12-5-16-17(20-7-12)6-13(8-21-16)23-9-11-2-3-14(18)15(19)4-11;1-11(21)13-6-16-17(19-8-13)7-15(9-20-16)22-10-12-2-4-14(18)5-3-12;1-11(21)13-6-16-17(19-8-13)7-15(9-20-16)22-10-12-3-2-4-14(18)5-12/h2-8H,9H2,1H3;2-9H,10H2,1H3;2-8H,9H2,1H3;2*2-9H,10H2,1H3. The van der Waals surface area contributed by atoms with Crippen LogP contribution >= 0.6 is 23.2 Å². The van der Waals surface area contributed by atoms with E-state index in [1.54, 1.807) is 122 Å². The minimum Gasteiger partial charge on any atom is -0.487 e. The lowest BCUT2D eigenvalue weighted by Crippen LogP contribution is -1.99. The second kappa shape index (κ2) is 37.5. The van der Waals surface area contributed by atoms with Crippen LogP contribution in [-0.2, 0) is 33.0 Å². The minimum atomic E-state index is -0.916. The van der Waals surface area contributed by atoms with Crippen LogP contribution in [0.5, 0.6) is 28.7 Å². The first-order chi connectivity index (χ1) is 53.9. The molecule has 27 heteroatoms. The number of Topliss-reactive ketones (excluding diaryl/α,β-unsaturated/α-hetero) is 5. The Bertz CT molecular complexity index is 5720. The van der Waals surface area contributed by atoms with E-state index in [1.165, 1.54) is 108 Å². The average Bonchev–Trinajstić information content (AvgIpc) is 0.837. The van der Waals surface area contributed by atoms with Crippen molar-refractivity contribution in [3.05, 3.63) is 327 Å². The Kier molecular flexibility index (Phi) is 26.7. The van der Waals surface area contributed by atoms with Gasteiger partial charge in [0.25, 0.3) is 0 Å². The van der Waals surface area contributed by atoms with Gasteiger partial charge in [-0.15, -0.1) is 0 Å². The maximum absolute atomic E-state index is 13.1. The van der Waals surface area contributed by atoms with Crippen molar-refractivity contribution >= 4 is 107 Å². The van der Waals surface area contributed by atoms with E-state index in [0.29, 0.717) is 136 Å². The molecule has 0 N–H and O–H groups in total. The van der Waals surface area contributed by atoms with Gasteiger partial charge in [-0.25, -0.2) is 22.0 Å². The molecule has 0 unspecified atom stereocenters. The van der Waals surface area contributed by atoms with E-state index in [4.69, 9.17) is 46.9 Å². The van der Waals surface area contributed by atoms with Crippen molar-refractivity contribution in [3.8, 4) is 28.7 Å². The van der Waals surface area contributed by atoms with Gasteiger partial charge in [-0.1, -0.05) is 71.7 Å². The Hall–Kier alpha value is -13.5. The minimum absolute atomic E-state index is 0.0301. The molecule has 0 aliphatic heterocycles. The number of halogens is 7. The number of benzene rings is 5. The van der Waals surface area contributed by atoms with Crippen LogP contribution in [0.2, 0.25) is 10.0 Å². The largest absolute Gasteiger partial charge is 0.487 e. The van der Waals surface area contributed by atoms with E-state index in [9.17, 15) is 45.9 Å². The van der Waals surface area contributed by atoms with Gasteiger partial charge in [0.15, 0.2) is 40.6 Å². The average molecular weight is 1550 g/mol. The molecule has 562 valence electrons. The van der Waals surface area contributed by atoms with Crippen LogP contribution in [0.1, 0.15) is 114 Å². The topological polar surface area (TPSA) is 260 Å². The molecule has 0 saturated heterocycles. The van der Waals surface area contributed by atoms with Gasteiger partial charge in [0, 0.05) is 94.2 Å². The van der Waals surface area contributed by atoms with Crippen LogP contribution in [0.4, 0.5) is 22.0 Å². The fourth-order valence-electron chi connectivity index (χ4n) is 10.2. The lowest BCUT2D eigenvalue weighted by Gasteiger charge is -2.07. The van der Waals surface area contributed by atoms with Crippen LogP contribution in [0.15, 0.2) is 232 Å². The molecule has 0 aliphatic carbocycles. The number of carbonyl (C=O) groups excluding carboxylic acids is 5. The summed E-state index contributed by atoms with van der Waals surface area (Å²) in [6.07, 6.45) is 15.4. The summed E-state index contributed by atoms with van der Waals surface area (Å²) in [5.41, 5.74) is 12.8. The lowest BCUT2D eigenvalue weighted by molar-refractivity contribution is 0.100. The van der Waals surface area contributed by atoms with Crippen molar-refractivity contribution in [2.75, 3.05) is 0 Å². The van der Waals surface area contributed by atoms with E-state index in [0.717, 1.165) is 34.4 Å². The number of rotatable bonds is 20. The number of hydrogen-bond acceptors (Lipinski definition) is 20. The lowest BCUT2D eigenvalue weighted by atomic mass is 10.2. The van der Waals surface area contributed by atoms with Crippen LogP contribution in [0.3, 0.4) is 0 Å². The first-order valence-electron chi connectivity index (χ1n) is 34.0. The van der Waals surface area contributed by atoms with Gasteiger partial charge in [-0.3, -0.25) is 73.8 Å². The number of hydrogen-bond donors (Lipinski definition) is 0. The molecule has 0 atom stereocenters. The Morgan fingerprint density at radius 2 is 0.545 bits per heavy atom. The summed E-state index contributed by atoms with van der Waals surface area (Å²) in [4.78, 5) is 98.9. The van der Waals surface area contributed by atoms with Gasteiger partial charge in [0.05, 0.1) is 91.2 Å². The van der Waals surface area contributed by atoms with E-state index < -0.39 is 17.5 Å². The van der Waals surface area contributed by atoms with Gasteiger partial charge in [0.1, 0.15) is 79.2 Å². The van der Waals surface area contributed by atoms with Crippen LogP contribution in [0, 0.1) is 29.1 Å². The third-order valence-electron chi connectivity index (χ3n) is 16.3. The zero-order valence-corrected chi connectivity index (χ0v) is 61.7. The number of nitrogens with zero attached hydrogens (tertiary/aromatic N) is 10. The Morgan fingerprint density at radius 1 is 0.268 bits per heavy atom. The van der Waals surface area contributed by atoms with E-state index >= 15 is 0 Å². The predicted molar refractivity (Wildman–Crippen MR) is 411 cm³/mol. The van der Waals surface area contributed by atoms with E-state index in [1.807, 2.05) is 24.3 Å². The quantitative estimate of drug-likeness (QED) is 0.0507. The number of aromatic nitrogens is 10. The summed E-state index contributed by atoms with van der Waals surface area (Å²) in [5.74, 6) is -0.414. The molecule has 0 amide bonds. The van der Waals surface area contributed by atoms with Crippen molar-refractivity contribution in [1.82, 2.24) is 49.8 Å². The number of pyridine rings is 10. The zero-order chi connectivity index (χ0) is 79.4. The van der Waals surface area contributed by atoms with Gasteiger partial charge in [-0.2, -0.15) is 0 Å². The van der Waals surface area contributed by atoms with Crippen molar-refractivity contribution in [1.29, 1.82) is 0 Å². The Balaban J connectivity index is 0.000000138. The second-order valence-corrected chi connectivity index (χ2v) is 25.6.